The molecule has 3 rings (SSSR count). The van der Waals surface area contributed by atoms with E-state index in [1.54, 1.807) is 18.2 Å². The number of carbonyl (C=O) groups is 2. The van der Waals surface area contributed by atoms with Crippen LogP contribution < -0.4 is 0 Å². The molecule has 2 aromatic carbocycles. The maximum absolute atomic E-state index is 12.8. The third kappa shape index (κ3) is 3.63. The molecule has 0 bridgehead atoms. The van der Waals surface area contributed by atoms with Crippen molar-refractivity contribution in [3.05, 3.63) is 71.3 Å². The van der Waals surface area contributed by atoms with Gasteiger partial charge in [0.1, 0.15) is 0 Å². The number of amides is 1. The smallest absolute Gasteiger partial charge is 0.335 e. The molecule has 1 amide bonds. The molecule has 1 aliphatic rings. The van der Waals surface area contributed by atoms with Crippen molar-refractivity contribution in [2.24, 2.45) is 0 Å². The monoisotopic (exact) mass is 325 g/mol. The molecule has 5 nitrogen and oxygen atoms in total. The molecule has 24 heavy (non-hydrogen) atoms. The first kappa shape index (κ1) is 16.2. The Hall–Kier alpha value is -2.66. The Balaban J connectivity index is 1.77. The molecule has 0 aromatic heterocycles. The Morgan fingerprint density at radius 3 is 2.67 bits per heavy atom. The molecule has 0 unspecified atom stereocenters. The highest BCUT2D eigenvalue weighted by Crippen LogP contribution is 2.25. The molecule has 0 radical (unpaired) electrons. The second-order valence-corrected chi connectivity index (χ2v) is 5.77. The maximum Gasteiger partial charge on any atom is 0.335 e. The highest BCUT2D eigenvalue weighted by atomic mass is 16.5. The van der Waals surface area contributed by atoms with Gasteiger partial charge in [-0.25, -0.2) is 4.79 Å². The topological polar surface area (TPSA) is 66.8 Å². The molecule has 2 aromatic rings. The van der Waals surface area contributed by atoms with Crippen molar-refractivity contribution in [3.63, 3.8) is 0 Å². The predicted molar refractivity (Wildman–Crippen MR) is 88.8 cm³/mol. The van der Waals surface area contributed by atoms with Gasteiger partial charge in [-0.1, -0.05) is 42.5 Å². The van der Waals surface area contributed by atoms with Crippen molar-refractivity contribution in [1.82, 2.24) is 4.90 Å². The second kappa shape index (κ2) is 7.27. The van der Waals surface area contributed by atoms with E-state index in [9.17, 15) is 9.59 Å². The number of hydrogen-bond donors (Lipinski definition) is 1. The predicted octanol–water partition coefficient (Wildman–Crippen LogP) is 2.53. The Bertz CT molecular complexity index is 729. The van der Waals surface area contributed by atoms with E-state index in [2.05, 4.69) is 0 Å². The molecule has 1 fully saturated rings. The van der Waals surface area contributed by atoms with E-state index in [0.717, 1.165) is 5.56 Å². The number of ether oxygens (including phenoxy) is 1. The quantitative estimate of drug-likeness (QED) is 0.938. The van der Waals surface area contributed by atoms with E-state index >= 15 is 0 Å². The van der Waals surface area contributed by atoms with Gasteiger partial charge in [-0.05, 0) is 23.3 Å². The average molecular weight is 325 g/mol. The van der Waals surface area contributed by atoms with E-state index < -0.39 is 5.97 Å². The zero-order valence-electron chi connectivity index (χ0n) is 13.2. The van der Waals surface area contributed by atoms with Crippen LogP contribution in [0.15, 0.2) is 54.6 Å². The van der Waals surface area contributed by atoms with Gasteiger partial charge in [0, 0.05) is 6.54 Å². The molecule has 1 saturated heterocycles. The van der Waals surface area contributed by atoms with Crippen molar-refractivity contribution < 1.29 is 19.4 Å². The summed E-state index contributed by atoms with van der Waals surface area (Å²) in [6, 6.07) is 16.2. The van der Waals surface area contributed by atoms with E-state index in [4.69, 9.17) is 9.84 Å². The van der Waals surface area contributed by atoms with Crippen LogP contribution in [-0.2, 0) is 16.0 Å². The van der Waals surface area contributed by atoms with Gasteiger partial charge in [-0.2, -0.15) is 0 Å². The third-order valence-electron chi connectivity index (χ3n) is 4.16. The first-order valence-corrected chi connectivity index (χ1v) is 7.89. The summed E-state index contributed by atoms with van der Waals surface area (Å²) in [6.07, 6.45) is 0.185. The SMILES string of the molecule is O=C(O)c1cccc(CC(=O)N2CCOC[C@@H]2c2ccccc2)c1. The zero-order chi connectivity index (χ0) is 16.9. The summed E-state index contributed by atoms with van der Waals surface area (Å²) in [5.74, 6) is -1.01. The lowest BCUT2D eigenvalue weighted by atomic mass is 10.0. The number of carboxylic acids is 1. The first-order chi connectivity index (χ1) is 11.6. The summed E-state index contributed by atoms with van der Waals surface area (Å²) in [6.45, 7) is 1.53. The minimum atomic E-state index is -0.988. The number of aromatic carboxylic acids is 1. The van der Waals surface area contributed by atoms with Crippen LogP contribution in [-0.4, -0.2) is 41.6 Å². The van der Waals surface area contributed by atoms with Gasteiger partial charge in [-0.3, -0.25) is 4.79 Å². The molecular formula is C19H19NO4. The molecule has 0 saturated carbocycles. The van der Waals surface area contributed by atoms with Gasteiger partial charge in [0.15, 0.2) is 0 Å². The van der Waals surface area contributed by atoms with Crippen molar-refractivity contribution in [3.8, 4) is 0 Å². The number of carboxylic acid groups (broad SMARTS) is 1. The van der Waals surface area contributed by atoms with Gasteiger partial charge >= 0.3 is 5.97 Å². The van der Waals surface area contributed by atoms with Crippen LogP contribution in [0.25, 0.3) is 0 Å². The molecule has 1 aliphatic heterocycles. The highest BCUT2D eigenvalue weighted by molar-refractivity contribution is 5.88. The number of carbonyl (C=O) groups excluding carboxylic acids is 1. The number of hydrogen-bond acceptors (Lipinski definition) is 3. The van der Waals surface area contributed by atoms with E-state index in [-0.39, 0.29) is 23.9 Å². The van der Waals surface area contributed by atoms with Crippen LogP contribution in [0.5, 0.6) is 0 Å². The van der Waals surface area contributed by atoms with Crippen molar-refractivity contribution in [2.45, 2.75) is 12.5 Å². The van der Waals surface area contributed by atoms with Gasteiger partial charge in [-0.15, -0.1) is 0 Å². The van der Waals surface area contributed by atoms with Crippen LogP contribution in [0.3, 0.4) is 0 Å². The summed E-state index contributed by atoms with van der Waals surface area (Å²) in [5, 5.41) is 9.07. The average Bonchev–Trinajstić information content (AvgIpc) is 2.62. The fourth-order valence-electron chi connectivity index (χ4n) is 2.94. The standard InChI is InChI=1S/C19H19NO4/c21-18(12-14-5-4-8-16(11-14)19(22)23)20-9-10-24-13-17(20)15-6-2-1-3-7-15/h1-8,11,17H,9-10,12-13H2,(H,22,23)/t17-/m1/s1. The first-order valence-electron chi connectivity index (χ1n) is 7.89. The minimum absolute atomic E-state index is 0.0188. The molecule has 1 N–H and O–H groups in total. The molecule has 5 heteroatoms. The van der Waals surface area contributed by atoms with E-state index in [1.807, 2.05) is 35.2 Å². The fraction of sp³-hybridized carbons (Fsp3) is 0.263. The number of rotatable bonds is 4. The van der Waals surface area contributed by atoms with E-state index in [1.165, 1.54) is 6.07 Å². The lowest BCUT2D eigenvalue weighted by Gasteiger charge is -2.36. The lowest BCUT2D eigenvalue weighted by Crippen LogP contribution is -2.44. The Labute approximate surface area is 140 Å². The summed E-state index contributed by atoms with van der Waals surface area (Å²) < 4.78 is 5.55. The minimum Gasteiger partial charge on any atom is -0.478 e. The van der Waals surface area contributed by atoms with Crippen molar-refractivity contribution in [1.29, 1.82) is 0 Å². The van der Waals surface area contributed by atoms with Crippen molar-refractivity contribution >= 4 is 11.9 Å². The molecule has 0 spiro atoms. The Morgan fingerprint density at radius 2 is 1.92 bits per heavy atom. The summed E-state index contributed by atoms with van der Waals surface area (Å²) >= 11 is 0. The van der Waals surface area contributed by atoms with Gasteiger partial charge in [0.25, 0.3) is 0 Å². The number of benzene rings is 2. The fourth-order valence-corrected chi connectivity index (χ4v) is 2.94. The van der Waals surface area contributed by atoms with Crippen molar-refractivity contribution in [2.75, 3.05) is 19.8 Å². The maximum atomic E-state index is 12.8. The van der Waals surface area contributed by atoms with Crippen LogP contribution in [0.4, 0.5) is 0 Å². The molecular weight excluding hydrogens is 306 g/mol. The summed E-state index contributed by atoms with van der Waals surface area (Å²) in [5.41, 5.74) is 1.95. The summed E-state index contributed by atoms with van der Waals surface area (Å²) in [7, 11) is 0. The Kier molecular flexibility index (Phi) is 4.91. The van der Waals surface area contributed by atoms with Gasteiger partial charge < -0.3 is 14.7 Å². The highest BCUT2D eigenvalue weighted by Gasteiger charge is 2.28. The summed E-state index contributed by atoms with van der Waals surface area (Å²) in [4.78, 5) is 25.6. The van der Waals surface area contributed by atoms with Crippen LogP contribution >= 0.6 is 0 Å². The molecule has 124 valence electrons. The lowest BCUT2D eigenvalue weighted by molar-refractivity contribution is -0.139. The zero-order valence-corrected chi connectivity index (χ0v) is 13.2. The van der Waals surface area contributed by atoms with Gasteiger partial charge in [0.2, 0.25) is 5.91 Å². The Morgan fingerprint density at radius 1 is 1.12 bits per heavy atom. The normalized spacial score (nSPS) is 17.5. The third-order valence-corrected chi connectivity index (χ3v) is 4.16. The van der Waals surface area contributed by atoms with Gasteiger partial charge in [0.05, 0.1) is 31.2 Å². The van der Waals surface area contributed by atoms with E-state index in [0.29, 0.717) is 25.3 Å². The number of nitrogens with zero attached hydrogens (tertiary/aromatic N) is 1. The van der Waals surface area contributed by atoms with Crippen LogP contribution in [0.2, 0.25) is 0 Å². The number of morpholine rings is 1. The molecule has 0 aliphatic carbocycles. The molecule has 1 heterocycles. The van der Waals surface area contributed by atoms with Crippen LogP contribution in [0, 0.1) is 0 Å². The molecule has 1 atom stereocenters. The second-order valence-electron chi connectivity index (χ2n) is 5.77. The largest absolute Gasteiger partial charge is 0.478 e. The van der Waals surface area contributed by atoms with Crippen LogP contribution in [0.1, 0.15) is 27.5 Å².